The van der Waals surface area contributed by atoms with Gasteiger partial charge in [0.05, 0.1) is 0 Å². The van der Waals surface area contributed by atoms with E-state index in [2.05, 4.69) is 5.10 Å². The van der Waals surface area contributed by atoms with Crippen molar-refractivity contribution in [3.8, 4) is 0 Å². The van der Waals surface area contributed by atoms with Crippen LogP contribution in [0.1, 0.15) is 23.8 Å². The summed E-state index contributed by atoms with van der Waals surface area (Å²) in [6.45, 7) is 2.86. The van der Waals surface area contributed by atoms with Crippen LogP contribution in [-0.4, -0.2) is 15.7 Å². The summed E-state index contributed by atoms with van der Waals surface area (Å²) < 4.78 is 1.71. The second kappa shape index (κ2) is 3.87. The summed E-state index contributed by atoms with van der Waals surface area (Å²) in [6, 6.07) is 1.64. The summed E-state index contributed by atoms with van der Waals surface area (Å²) in [4.78, 5) is 10.9. The Morgan fingerprint density at radius 2 is 2.58 bits per heavy atom. The minimum atomic E-state index is -0.357. The highest BCUT2D eigenvalue weighted by Gasteiger charge is 2.05. The van der Waals surface area contributed by atoms with Crippen molar-refractivity contribution in [2.24, 2.45) is 5.84 Å². The number of hydrazine groups is 1. The Hall–Kier alpha value is -1.36. The SMILES string of the molecule is CCCn1ccc(C(=O)NN)n1. The van der Waals surface area contributed by atoms with Crippen LogP contribution in [0.3, 0.4) is 0 Å². The molecule has 1 aromatic rings. The standard InChI is InChI=1S/C7H12N4O/c1-2-4-11-5-3-6(10-11)7(12)9-8/h3,5H,2,4,8H2,1H3,(H,9,12). The first kappa shape index (κ1) is 8.73. The molecule has 1 amide bonds. The molecule has 0 aliphatic carbocycles. The lowest BCUT2D eigenvalue weighted by atomic mass is 10.4. The Morgan fingerprint density at radius 1 is 1.83 bits per heavy atom. The van der Waals surface area contributed by atoms with Gasteiger partial charge in [-0.05, 0) is 12.5 Å². The zero-order valence-electron chi connectivity index (χ0n) is 6.95. The van der Waals surface area contributed by atoms with E-state index >= 15 is 0 Å². The lowest BCUT2D eigenvalue weighted by molar-refractivity contribution is 0.0948. The number of nitrogens with zero attached hydrogens (tertiary/aromatic N) is 2. The summed E-state index contributed by atoms with van der Waals surface area (Å²) in [5.41, 5.74) is 2.37. The predicted molar refractivity (Wildman–Crippen MR) is 44.2 cm³/mol. The van der Waals surface area contributed by atoms with Crippen LogP contribution in [0.2, 0.25) is 0 Å². The number of nitrogen functional groups attached to an aromatic ring is 1. The number of rotatable bonds is 3. The first-order valence-corrected chi connectivity index (χ1v) is 3.82. The highest BCUT2D eigenvalue weighted by molar-refractivity contribution is 5.91. The van der Waals surface area contributed by atoms with Crippen molar-refractivity contribution in [2.45, 2.75) is 19.9 Å². The third kappa shape index (κ3) is 1.82. The Kier molecular flexibility index (Phi) is 2.82. The molecule has 66 valence electrons. The number of aryl methyl sites for hydroxylation is 1. The molecule has 0 bridgehead atoms. The average Bonchev–Trinajstić information content (AvgIpc) is 2.52. The van der Waals surface area contributed by atoms with Crippen molar-refractivity contribution in [2.75, 3.05) is 0 Å². The monoisotopic (exact) mass is 168 g/mol. The van der Waals surface area contributed by atoms with Crippen LogP contribution < -0.4 is 11.3 Å². The van der Waals surface area contributed by atoms with Gasteiger partial charge in [0, 0.05) is 12.7 Å². The Morgan fingerprint density at radius 3 is 3.17 bits per heavy atom. The zero-order chi connectivity index (χ0) is 8.97. The molecule has 0 radical (unpaired) electrons. The molecule has 0 aliphatic rings. The van der Waals surface area contributed by atoms with Gasteiger partial charge in [-0.3, -0.25) is 14.9 Å². The second-order valence-electron chi connectivity index (χ2n) is 2.44. The number of nitrogens with one attached hydrogen (secondary N) is 1. The number of hydrogen-bond acceptors (Lipinski definition) is 3. The third-order valence-corrected chi connectivity index (χ3v) is 1.46. The van der Waals surface area contributed by atoms with Gasteiger partial charge in [-0.25, -0.2) is 5.84 Å². The number of amides is 1. The van der Waals surface area contributed by atoms with Crippen LogP contribution in [0, 0.1) is 0 Å². The maximum atomic E-state index is 10.9. The van der Waals surface area contributed by atoms with Crippen LogP contribution in [-0.2, 0) is 6.54 Å². The number of hydrogen-bond donors (Lipinski definition) is 2. The van der Waals surface area contributed by atoms with Crippen molar-refractivity contribution in [1.82, 2.24) is 15.2 Å². The van der Waals surface area contributed by atoms with Gasteiger partial charge in [-0.2, -0.15) is 5.10 Å². The smallest absolute Gasteiger partial charge is 0.285 e. The van der Waals surface area contributed by atoms with Gasteiger partial charge in [-0.15, -0.1) is 0 Å². The summed E-state index contributed by atoms with van der Waals surface area (Å²) in [7, 11) is 0. The Balaban J connectivity index is 2.70. The van der Waals surface area contributed by atoms with E-state index < -0.39 is 0 Å². The Labute approximate surface area is 70.5 Å². The van der Waals surface area contributed by atoms with Gasteiger partial charge in [0.25, 0.3) is 5.91 Å². The molecule has 1 aromatic heterocycles. The maximum Gasteiger partial charge on any atom is 0.285 e. The molecule has 3 N–H and O–H groups in total. The van der Waals surface area contributed by atoms with Gasteiger partial charge < -0.3 is 0 Å². The number of carbonyl (C=O) groups excluding carboxylic acids is 1. The summed E-state index contributed by atoms with van der Waals surface area (Å²) >= 11 is 0. The van der Waals surface area contributed by atoms with E-state index in [1.807, 2.05) is 12.3 Å². The fourth-order valence-electron chi connectivity index (χ4n) is 0.910. The number of aromatic nitrogens is 2. The van der Waals surface area contributed by atoms with Gasteiger partial charge >= 0.3 is 0 Å². The quantitative estimate of drug-likeness (QED) is 0.376. The van der Waals surface area contributed by atoms with Crippen LogP contribution >= 0.6 is 0 Å². The lowest BCUT2D eigenvalue weighted by Gasteiger charge is -1.95. The normalized spacial score (nSPS) is 9.83. The highest BCUT2D eigenvalue weighted by atomic mass is 16.2. The largest absolute Gasteiger partial charge is 0.289 e. The minimum absolute atomic E-state index is 0.353. The van der Waals surface area contributed by atoms with Crippen LogP contribution in [0.15, 0.2) is 12.3 Å². The molecule has 5 nitrogen and oxygen atoms in total. The average molecular weight is 168 g/mol. The topological polar surface area (TPSA) is 72.9 Å². The number of nitrogens with two attached hydrogens (primary N) is 1. The van der Waals surface area contributed by atoms with E-state index in [4.69, 9.17) is 5.84 Å². The molecule has 0 fully saturated rings. The van der Waals surface area contributed by atoms with Crippen molar-refractivity contribution in [3.05, 3.63) is 18.0 Å². The highest BCUT2D eigenvalue weighted by Crippen LogP contribution is 1.95. The molecule has 12 heavy (non-hydrogen) atoms. The van der Waals surface area contributed by atoms with E-state index in [1.165, 1.54) is 0 Å². The summed E-state index contributed by atoms with van der Waals surface area (Å²) in [6.07, 6.45) is 2.75. The molecule has 0 unspecified atom stereocenters. The number of carbonyl (C=O) groups is 1. The van der Waals surface area contributed by atoms with Crippen molar-refractivity contribution in [3.63, 3.8) is 0 Å². The van der Waals surface area contributed by atoms with Gasteiger partial charge in [0.2, 0.25) is 0 Å². The molecule has 0 aliphatic heterocycles. The summed E-state index contributed by atoms with van der Waals surface area (Å²) in [5, 5.41) is 4.00. The van der Waals surface area contributed by atoms with Gasteiger partial charge in [0.1, 0.15) is 0 Å². The van der Waals surface area contributed by atoms with Crippen LogP contribution in [0.4, 0.5) is 0 Å². The van der Waals surface area contributed by atoms with Crippen LogP contribution in [0.25, 0.3) is 0 Å². The first-order chi connectivity index (χ1) is 5.77. The molecule has 0 saturated carbocycles. The fraction of sp³-hybridized carbons (Fsp3) is 0.429. The zero-order valence-corrected chi connectivity index (χ0v) is 6.95. The van der Waals surface area contributed by atoms with E-state index in [0.29, 0.717) is 5.69 Å². The Bertz CT molecular complexity index is 268. The van der Waals surface area contributed by atoms with Crippen molar-refractivity contribution >= 4 is 5.91 Å². The predicted octanol–water partition coefficient (Wildman–Crippen LogP) is -0.103. The fourth-order valence-corrected chi connectivity index (χ4v) is 0.910. The molecule has 0 atom stereocenters. The molecule has 1 heterocycles. The van der Waals surface area contributed by atoms with Crippen molar-refractivity contribution in [1.29, 1.82) is 0 Å². The first-order valence-electron chi connectivity index (χ1n) is 3.82. The molecular formula is C7H12N4O. The minimum Gasteiger partial charge on any atom is -0.289 e. The maximum absolute atomic E-state index is 10.9. The molecule has 0 spiro atoms. The van der Waals surface area contributed by atoms with E-state index in [1.54, 1.807) is 16.9 Å². The molecular weight excluding hydrogens is 156 g/mol. The molecule has 0 saturated heterocycles. The molecule has 0 aromatic carbocycles. The van der Waals surface area contributed by atoms with E-state index in [0.717, 1.165) is 13.0 Å². The van der Waals surface area contributed by atoms with Crippen LogP contribution in [0.5, 0.6) is 0 Å². The lowest BCUT2D eigenvalue weighted by Crippen LogP contribution is -2.30. The third-order valence-electron chi connectivity index (χ3n) is 1.46. The second-order valence-corrected chi connectivity index (χ2v) is 2.44. The summed E-state index contributed by atoms with van der Waals surface area (Å²) in [5.74, 6) is 4.58. The van der Waals surface area contributed by atoms with Gasteiger partial charge in [0.15, 0.2) is 5.69 Å². The van der Waals surface area contributed by atoms with E-state index in [9.17, 15) is 4.79 Å². The molecule has 5 heteroatoms. The molecule has 1 rings (SSSR count). The van der Waals surface area contributed by atoms with Crippen molar-refractivity contribution < 1.29 is 4.79 Å². The van der Waals surface area contributed by atoms with E-state index in [-0.39, 0.29) is 5.91 Å². The van der Waals surface area contributed by atoms with Gasteiger partial charge in [-0.1, -0.05) is 6.92 Å².